The summed E-state index contributed by atoms with van der Waals surface area (Å²) in [5, 5.41) is 3.04. The number of rotatable bonds is 3. The number of aromatic amines is 1. The van der Waals surface area contributed by atoms with Gasteiger partial charge in [0.1, 0.15) is 17.8 Å². The van der Waals surface area contributed by atoms with Crippen molar-refractivity contribution in [2.75, 3.05) is 18.0 Å². The first kappa shape index (κ1) is 14.9. The molecule has 0 spiro atoms. The molecule has 0 amide bonds. The Labute approximate surface area is 136 Å². The van der Waals surface area contributed by atoms with Gasteiger partial charge in [-0.3, -0.25) is 0 Å². The van der Waals surface area contributed by atoms with Crippen molar-refractivity contribution in [2.45, 2.75) is 19.4 Å². The lowest BCUT2D eigenvalue weighted by Gasteiger charge is -2.31. The SMILES string of the molecule is O=c1n(CCN2CCCc3cc(F)cc(F)c32)[nH+]c2ccccn12. The molecule has 7 heteroatoms. The van der Waals surface area contributed by atoms with Crippen LogP contribution >= 0.6 is 0 Å². The summed E-state index contributed by atoms with van der Waals surface area (Å²) in [5.74, 6) is -1.08. The van der Waals surface area contributed by atoms with E-state index >= 15 is 0 Å². The van der Waals surface area contributed by atoms with Gasteiger partial charge in [-0.1, -0.05) is 6.07 Å². The van der Waals surface area contributed by atoms with Crippen LogP contribution in [0.2, 0.25) is 0 Å². The summed E-state index contributed by atoms with van der Waals surface area (Å²) in [7, 11) is 0. The molecular formula is C17H17F2N4O+. The van der Waals surface area contributed by atoms with E-state index in [4.69, 9.17) is 0 Å². The molecule has 1 aliphatic heterocycles. The van der Waals surface area contributed by atoms with Crippen LogP contribution in [0.1, 0.15) is 12.0 Å². The second kappa shape index (κ2) is 5.74. The highest BCUT2D eigenvalue weighted by atomic mass is 19.1. The Morgan fingerprint density at radius 2 is 2.04 bits per heavy atom. The van der Waals surface area contributed by atoms with E-state index in [0.29, 0.717) is 43.0 Å². The van der Waals surface area contributed by atoms with Gasteiger partial charge in [-0.15, -0.1) is 9.08 Å². The molecule has 0 atom stereocenters. The lowest BCUT2D eigenvalue weighted by molar-refractivity contribution is -0.465. The maximum Gasteiger partial charge on any atom is 0.451 e. The number of aryl methyl sites for hydroxylation is 1. The highest BCUT2D eigenvalue weighted by molar-refractivity contribution is 5.56. The smallest absolute Gasteiger partial charge is 0.367 e. The zero-order chi connectivity index (χ0) is 16.7. The lowest BCUT2D eigenvalue weighted by atomic mass is 10.0. The minimum absolute atomic E-state index is 0.164. The lowest BCUT2D eigenvalue weighted by Crippen LogP contribution is -2.38. The van der Waals surface area contributed by atoms with Crippen LogP contribution in [-0.4, -0.2) is 22.2 Å². The first-order valence-electron chi connectivity index (χ1n) is 7.95. The molecule has 3 heterocycles. The normalized spacial score (nSPS) is 14.2. The van der Waals surface area contributed by atoms with Crippen molar-refractivity contribution in [3.63, 3.8) is 0 Å². The Hall–Kier alpha value is -2.70. The number of nitrogens with zero attached hydrogens (tertiary/aromatic N) is 3. The molecule has 0 aliphatic carbocycles. The topological polar surface area (TPSA) is 43.8 Å². The summed E-state index contributed by atoms with van der Waals surface area (Å²) in [6, 6.07) is 7.77. The summed E-state index contributed by atoms with van der Waals surface area (Å²) in [5.41, 5.74) is 1.69. The third-order valence-electron chi connectivity index (χ3n) is 4.44. The van der Waals surface area contributed by atoms with Gasteiger partial charge in [-0.25, -0.2) is 13.6 Å². The maximum atomic E-state index is 14.2. The van der Waals surface area contributed by atoms with Gasteiger partial charge in [-0.05, 0) is 30.5 Å². The second-order valence-electron chi connectivity index (χ2n) is 5.99. The number of hydrogen-bond donors (Lipinski definition) is 0. The van der Waals surface area contributed by atoms with Crippen LogP contribution in [0.3, 0.4) is 0 Å². The zero-order valence-corrected chi connectivity index (χ0v) is 13.0. The molecule has 0 unspecified atom stereocenters. The molecule has 0 fully saturated rings. The van der Waals surface area contributed by atoms with E-state index in [1.54, 1.807) is 12.3 Å². The number of halogens is 2. The van der Waals surface area contributed by atoms with Crippen LogP contribution < -0.4 is 15.7 Å². The zero-order valence-electron chi connectivity index (χ0n) is 13.0. The molecule has 3 aromatic rings. The van der Waals surface area contributed by atoms with Crippen LogP contribution in [-0.2, 0) is 13.0 Å². The number of fused-ring (bicyclic) bond motifs is 2. The molecule has 1 N–H and O–H groups in total. The Kier molecular flexibility index (Phi) is 3.55. The molecule has 124 valence electrons. The number of hydrogen-bond acceptors (Lipinski definition) is 2. The fraction of sp³-hybridized carbons (Fsp3) is 0.294. The van der Waals surface area contributed by atoms with Crippen molar-refractivity contribution < 1.29 is 13.9 Å². The fourth-order valence-corrected chi connectivity index (χ4v) is 3.35. The van der Waals surface area contributed by atoms with Crippen LogP contribution in [0.4, 0.5) is 14.5 Å². The van der Waals surface area contributed by atoms with Gasteiger partial charge in [0, 0.05) is 25.2 Å². The van der Waals surface area contributed by atoms with Gasteiger partial charge in [0.15, 0.2) is 0 Å². The Balaban J connectivity index is 1.61. The first-order valence-corrected chi connectivity index (χ1v) is 7.95. The van der Waals surface area contributed by atoms with Gasteiger partial charge in [-0.2, -0.15) is 5.10 Å². The predicted molar refractivity (Wildman–Crippen MR) is 85.1 cm³/mol. The minimum Gasteiger partial charge on any atom is -0.367 e. The molecule has 0 saturated heterocycles. The van der Waals surface area contributed by atoms with Gasteiger partial charge in [0.2, 0.25) is 0 Å². The standard InChI is InChI=1S/C17H16F2N4O/c18-13-10-12-4-3-6-21(16(12)14(19)11-13)8-9-23-17(24)22-7-2-1-5-15(22)20-23/h1-2,5,7,10-11H,3-4,6,8-9H2/p+1. The van der Waals surface area contributed by atoms with Gasteiger partial charge in [0.05, 0.1) is 12.2 Å². The third-order valence-corrected chi connectivity index (χ3v) is 4.44. The van der Waals surface area contributed by atoms with Gasteiger partial charge < -0.3 is 4.90 Å². The minimum atomic E-state index is -0.545. The number of nitrogens with one attached hydrogen (secondary N) is 1. The molecule has 1 aliphatic rings. The van der Waals surface area contributed by atoms with Gasteiger partial charge >= 0.3 is 11.3 Å². The number of aromatic nitrogens is 3. The summed E-state index contributed by atoms with van der Waals surface area (Å²) < 4.78 is 30.6. The van der Waals surface area contributed by atoms with Crippen LogP contribution in [0.25, 0.3) is 5.65 Å². The van der Waals surface area contributed by atoms with Crippen LogP contribution in [0, 0.1) is 11.6 Å². The monoisotopic (exact) mass is 331 g/mol. The molecule has 24 heavy (non-hydrogen) atoms. The van der Waals surface area contributed by atoms with Crippen molar-refractivity contribution in [1.29, 1.82) is 0 Å². The van der Waals surface area contributed by atoms with Crippen molar-refractivity contribution in [1.82, 2.24) is 9.08 Å². The largest absolute Gasteiger partial charge is 0.451 e. The van der Waals surface area contributed by atoms with Crippen molar-refractivity contribution in [3.8, 4) is 0 Å². The summed E-state index contributed by atoms with van der Waals surface area (Å²) in [6.45, 7) is 1.57. The number of H-pyrrole nitrogens is 1. The summed E-state index contributed by atoms with van der Waals surface area (Å²) >= 11 is 0. The highest BCUT2D eigenvalue weighted by Gasteiger charge is 2.23. The van der Waals surface area contributed by atoms with Crippen LogP contribution in [0.15, 0.2) is 41.3 Å². The van der Waals surface area contributed by atoms with Crippen molar-refractivity contribution >= 4 is 11.3 Å². The van der Waals surface area contributed by atoms with Crippen molar-refractivity contribution in [3.05, 3.63) is 64.2 Å². The van der Waals surface area contributed by atoms with E-state index in [-0.39, 0.29) is 5.69 Å². The Morgan fingerprint density at radius 1 is 1.17 bits per heavy atom. The van der Waals surface area contributed by atoms with Gasteiger partial charge in [0.25, 0.3) is 0 Å². The fourth-order valence-electron chi connectivity index (χ4n) is 3.35. The Morgan fingerprint density at radius 3 is 2.88 bits per heavy atom. The molecule has 2 aromatic heterocycles. The molecule has 4 rings (SSSR count). The van der Waals surface area contributed by atoms with Crippen molar-refractivity contribution in [2.24, 2.45) is 0 Å². The highest BCUT2D eigenvalue weighted by Crippen LogP contribution is 2.30. The molecular weight excluding hydrogens is 314 g/mol. The molecule has 1 aromatic carbocycles. The molecule has 0 saturated carbocycles. The third kappa shape index (κ3) is 2.46. The average molecular weight is 331 g/mol. The van der Waals surface area contributed by atoms with E-state index in [1.807, 2.05) is 17.0 Å². The predicted octanol–water partition coefficient (Wildman–Crippen LogP) is 1.65. The molecule has 0 radical (unpaired) electrons. The van der Waals surface area contributed by atoms with E-state index in [2.05, 4.69) is 5.10 Å². The van der Waals surface area contributed by atoms with E-state index in [1.165, 1.54) is 15.1 Å². The van der Waals surface area contributed by atoms with E-state index in [9.17, 15) is 13.6 Å². The first-order chi connectivity index (χ1) is 11.6. The molecule has 5 nitrogen and oxygen atoms in total. The van der Waals surface area contributed by atoms with Crippen LogP contribution in [0.5, 0.6) is 0 Å². The Bertz CT molecular complexity index is 963. The number of benzene rings is 1. The summed E-state index contributed by atoms with van der Waals surface area (Å²) in [6.07, 6.45) is 3.21. The second-order valence-corrected chi connectivity index (χ2v) is 5.99. The van der Waals surface area contributed by atoms with E-state index in [0.717, 1.165) is 12.5 Å². The maximum absolute atomic E-state index is 14.2. The van der Waals surface area contributed by atoms with E-state index < -0.39 is 11.6 Å². The number of pyridine rings is 1. The molecule has 0 bridgehead atoms. The summed E-state index contributed by atoms with van der Waals surface area (Å²) in [4.78, 5) is 14.2. The number of anilines is 1. The average Bonchev–Trinajstić information content (AvgIpc) is 2.89. The quantitative estimate of drug-likeness (QED) is 0.732.